The van der Waals surface area contributed by atoms with E-state index >= 15 is 0 Å². The SMILES string of the molecule is Cc1cc(C)cc(NC(=O)CN(CC(C)O)C(C)C)c1. The third kappa shape index (κ3) is 5.72. The average molecular weight is 278 g/mol. The number of carbonyl (C=O) groups excluding carboxylic acids is 1. The number of benzene rings is 1. The van der Waals surface area contributed by atoms with Gasteiger partial charge in [0.15, 0.2) is 0 Å². The molecule has 0 saturated carbocycles. The van der Waals surface area contributed by atoms with Crippen molar-refractivity contribution in [2.45, 2.75) is 46.8 Å². The molecule has 112 valence electrons. The number of aryl methyl sites for hydroxylation is 2. The lowest BCUT2D eigenvalue weighted by molar-refractivity contribution is -0.118. The summed E-state index contributed by atoms with van der Waals surface area (Å²) in [7, 11) is 0. The number of nitrogens with one attached hydrogen (secondary N) is 1. The molecule has 0 spiro atoms. The molecular weight excluding hydrogens is 252 g/mol. The largest absolute Gasteiger partial charge is 0.392 e. The highest BCUT2D eigenvalue weighted by Gasteiger charge is 2.16. The Hall–Kier alpha value is -1.39. The molecule has 4 nitrogen and oxygen atoms in total. The van der Waals surface area contributed by atoms with Crippen LogP contribution in [0.1, 0.15) is 31.9 Å². The molecule has 0 aliphatic carbocycles. The Labute approximate surface area is 121 Å². The van der Waals surface area contributed by atoms with Gasteiger partial charge in [-0.25, -0.2) is 0 Å². The fourth-order valence-corrected chi connectivity index (χ4v) is 2.23. The van der Waals surface area contributed by atoms with Crippen molar-refractivity contribution in [3.05, 3.63) is 29.3 Å². The number of hydrogen-bond acceptors (Lipinski definition) is 3. The van der Waals surface area contributed by atoms with Gasteiger partial charge in [-0.3, -0.25) is 9.69 Å². The Morgan fingerprint density at radius 2 is 1.75 bits per heavy atom. The number of rotatable bonds is 6. The molecule has 1 rings (SSSR count). The summed E-state index contributed by atoms with van der Waals surface area (Å²) >= 11 is 0. The van der Waals surface area contributed by atoms with E-state index in [4.69, 9.17) is 0 Å². The number of carbonyl (C=O) groups is 1. The van der Waals surface area contributed by atoms with Crippen LogP contribution in [0.3, 0.4) is 0 Å². The molecule has 0 aliphatic rings. The highest BCUT2D eigenvalue weighted by atomic mass is 16.3. The second-order valence-corrected chi connectivity index (χ2v) is 5.80. The van der Waals surface area contributed by atoms with Gasteiger partial charge in [0, 0.05) is 18.3 Å². The third-order valence-corrected chi connectivity index (χ3v) is 3.08. The van der Waals surface area contributed by atoms with Gasteiger partial charge in [-0.2, -0.15) is 0 Å². The van der Waals surface area contributed by atoms with Gasteiger partial charge >= 0.3 is 0 Å². The zero-order chi connectivity index (χ0) is 15.3. The first-order chi connectivity index (χ1) is 9.27. The van der Waals surface area contributed by atoms with Crippen LogP contribution in [0.25, 0.3) is 0 Å². The first kappa shape index (κ1) is 16.7. The van der Waals surface area contributed by atoms with Crippen molar-refractivity contribution in [1.29, 1.82) is 0 Å². The lowest BCUT2D eigenvalue weighted by atomic mass is 10.1. The molecule has 1 aromatic carbocycles. The summed E-state index contributed by atoms with van der Waals surface area (Å²) in [4.78, 5) is 14.1. The summed E-state index contributed by atoms with van der Waals surface area (Å²) in [5.74, 6) is -0.0515. The number of aliphatic hydroxyl groups is 1. The van der Waals surface area contributed by atoms with Crippen LogP contribution in [0.2, 0.25) is 0 Å². The Morgan fingerprint density at radius 1 is 1.20 bits per heavy atom. The van der Waals surface area contributed by atoms with Crippen LogP contribution in [0.5, 0.6) is 0 Å². The first-order valence-electron chi connectivity index (χ1n) is 7.08. The molecular formula is C16H26N2O2. The second-order valence-electron chi connectivity index (χ2n) is 5.80. The third-order valence-electron chi connectivity index (χ3n) is 3.08. The van der Waals surface area contributed by atoms with Crippen molar-refractivity contribution < 1.29 is 9.90 Å². The van der Waals surface area contributed by atoms with Crippen LogP contribution in [0.15, 0.2) is 18.2 Å². The van der Waals surface area contributed by atoms with Gasteiger partial charge in [0.05, 0.1) is 12.6 Å². The number of anilines is 1. The minimum absolute atomic E-state index is 0.0515. The van der Waals surface area contributed by atoms with Crippen molar-refractivity contribution in [1.82, 2.24) is 4.90 Å². The van der Waals surface area contributed by atoms with Gasteiger partial charge in [-0.15, -0.1) is 0 Å². The lowest BCUT2D eigenvalue weighted by Gasteiger charge is -2.27. The summed E-state index contributed by atoms with van der Waals surface area (Å²) < 4.78 is 0. The predicted octanol–water partition coefficient (Wildman–Crippen LogP) is 2.33. The molecule has 20 heavy (non-hydrogen) atoms. The van der Waals surface area contributed by atoms with Gasteiger partial charge in [0.25, 0.3) is 0 Å². The maximum absolute atomic E-state index is 12.1. The van der Waals surface area contributed by atoms with Crippen molar-refractivity contribution in [2.24, 2.45) is 0 Å². The average Bonchev–Trinajstić information content (AvgIpc) is 2.25. The predicted molar refractivity (Wildman–Crippen MR) is 82.9 cm³/mol. The summed E-state index contributed by atoms with van der Waals surface area (Å²) in [5.41, 5.74) is 3.09. The number of aliphatic hydroxyl groups excluding tert-OH is 1. The summed E-state index contributed by atoms with van der Waals surface area (Å²) in [5, 5.41) is 12.4. The fourth-order valence-electron chi connectivity index (χ4n) is 2.23. The molecule has 2 N–H and O–H groups in total. The fraction of sp³-hybridized carbons (Fsp3) is 0.562. The summed E-state index contributed by atoms with van der Waals surface area (Å²) in [6.07, 6.45) is -0.439. The number of amides is 1. The van der Waals surface area contributed by atoms with Crippen LogP contribution < -0.4 is 5.32 Å². The molecule has 1 unspecified atom stereocenters. The normalized spacial score (nSPS) is 12.8. The van der Waals surface area contributed by atoms with E-state index in [1.807, 2.05) is 44.7 Å². The molecule has 4 heteroatoms. The molecule has 0 saturated heterocycles. The van der Waals surface area contributed by atoms with Crippen LogP contribution in [-0.2, 0) is 4.79 Å². The van der Waals surface area contributed by atoms with Gasteiger partial charge < -0.3 is 10.4 Å². The topological polar surface area (TPSA) is 52.6 Å². The van der Waals surface area contributed by atoms with E-state index in [9.17, 15) is 9.90 Å². The zero-order valence-electron chi connectivity index (χ0n) is 13.1. The highest BCUT2D eigenvalue weighted by Crippen LogP contribution is 2.13. The lowest BCUT2D eigenvalue weighted by Crippen LogP contribution is -2.41. The molecule has 1 aromatic rings. The van der Waals surface area contributed by atoms with Crippen molar-refractivity contribution in [3.63, 3.8) is 0 Å². The van der Waals surface area contributed by atoms with Crippen molar-refractivity contribution >= 4 is 11.6 Å². The minimum atomic E-state index is -0.439. The zero-order valence-corrected chi connectivity index (χ0v) is 13.1. The van der Waals surface area contributed by atoms with E-state index in [1.165, 1.54) is 0 Å². The van der Waals surface area contributed by atoms with E-state index in [2.05, 4.69) is 11.4 Å². The molecule has 0 aromatic heterocycles. The van der Waals surface area contributed by atoms with Gasteiger partial charge in [-0.05, 0) is 57.9 Å². The van der Waals surface area contributed by atoms with E-state index in [1.54, 1.807) is 6.92 Å². The monoisotopic (exact) mass is 278 g/mol. The maximum Gasteiger partial charge on any atom is 0.238 e. The molecule has 0 radical (unpaired) electrons. The molecule has 1 amide bonds. The first-order valence-corrected chi connectivity index (χ1v) is 7.08. The van der Waals surface area contributed by atoms with Crippen molar-refractivity contribution in [3.8, 4) is 0 Å². The van der Waals surface area contributed by atoms with Gasteiger partial charge in [0.1, 0.15) is 0 Å². The van der Waals surface area contributed by atoms with E-state index in [0.717, 1.165) is 16.8 Å². The van der Waals surface area contributed by atoms with Crippen LogP contribution in [0.4, 0.5) is 5.69 Å². The smallest absolute Gasteiger partial charge is 0.238 e. The minimum Gasteiger partial charge on any atom is -0.392 e. The van der Waals surface area contributed by atoms with Crippen LogP contribution in [0, 0.1) is 13.8 Å². The summed E-state index contributed by atoms with van der Waals surface area (Å²) in [6, 6.07) is 6.21. The number of hydrogen-bond donors (Lipinski definition) is 2. The quantitative estimate of drug-likeness (QED) is 0.839. The second kappa shape index (κ2) is 7.41. The Kier molecular flexibility index (Phi) is 6.17. The Balaban J connectivity index is 2.65. The molecule has 1 atom stereocenters. The van der Waals surface area contributed by atoms with E-state index < -0.39 is 6.10 Å². The maximum atomic E-state index is 12.1. The Bertz CT molecular complexity index is 436. The van der Waals surface area contributed by atoms with Gasteiger partial charge in [0.2, 0.25) is 5.91 Å². The van der Waals surface area contributed by atoms with E-state index in [0.29, 0.717) is 6.54 Å². The molecule has 0 bridgehead atoms. The standard InChI is InChI=1S/C16H26N2O2/c1-11(2)18(9-14(5)19)10-16(20)17-15-7-12(3)6-13(4)8-15/h6-8,11,14,19H,9-10H2,1-5H3,(H,17,20). The van der Waals surface area contributed by atoms with E-state index in [-0.39, 0.29) is 18.5 Å². The van der Waals surface area contributed by atoms with Crippen molar-refractivity contribution in [2.75, 3.05) is 18.4 Å². The molecule has 0 aliphatic heterocycles. The number of nitrogens with zero attached hydrogens (tertiary/aromatic N) is 1. The molecule has 0 fully saturated rings. The Morgan fingerprint density at radius 3 is 2.20 bits per heavy atom. The van der Waals surface area contributed by atoms with Gasteiger partial charge in [-0.1, -0.05) is 6.07 Å². The molecule has 0 heterocycles. The van der Waals surface area contributed by atoms with Crippen LogP contribution in [-0.4, -0.2) is 41.1 Å². The highest BCUT2D eigenvalue weighted by molar-refractivity contribution is 5.92. The summed E-state index contributed by atoms with van der Waals surface area (Å²) in [6.45, 7) is 10.6. The van der Waals surface area contributed by atoms with Crippen LogP contribution >= 0.6 is 0 Å².